The van der Waals surface area contributed by atoms with Crippen LogP contribution in [0.15, 0.2) is 41.7 Å². The molecule has 4 heterocycles. The van der Waals surface area contributed by atoms with Gasteiger partial charge in [0.05, 0.1) is 23.3 Å². The van der Waals surface area contributed by atoms with Gasteiger partial charge >= 0.3 is 0 Å². The fraction of sp³-hybridized carbons (Fsp3) is 0.381. The number of aromatic nitrogens is 5. The summed E-state index contributed by atoms with van der Waals surface area (Å²) in [5.74, 6) is 0.376. The van der Waals surface area contributed by atoms with Crippen LogP contribution in [-0.4, -0.2) is 48.6 Å². The van der Waals surface area contributed by atoms with Gasteiger partial charge in [-0.3, -0.25) is 24.2 Å². The zero-order valence-corrected chi connectivity index (χ0v) is 16.6. The van der Waals surface area contributed by atoms with Crippen LogP contribution < -0.4 is 5.56 Å². The lowest BCUT2D eigenvalue weighted by Crippen LogP contribution is -2.40. The number of pyridine rings is 1. The van der Waals surface area contributed by atoms with Gasteiger partial charge in [-0.05, 0) is 44.7 Å². The van der Waals surface area contributed by atoms with Crippen LogP contribution >= 0.6 is 0 Å². The summed E-state index contributed by atoms with van der Waals surface area (Å²) in [5, 5.41) is 6.99. The molecular weight excluding hydrogens is 368 g/mol. The highest BCUT2D eigenvalue weighted by atomic mass is 16.2. The number of hydrogen-bond donors (Lipinski definition) is 1. The second kappa shape index (κ2) is 7.98. The Kier molecular flexibility index (Phi) is 5.24. The molecule has 3 aromatic rings. The molecule has 8 heteroatoms. The number of nitrogens with one attached hydrogen (secondary N) is 1. The lowest BCUT2D eigenvalue weighted by molar-refractivity contribution is 0.0681. The van der Waals surface area contributed by atoms with Crippen molar-refractivity contribution >= 4 is 5.91 Å². The molecule has 0 aromatic carbocycles. The number of carbonyl (C=O) groups is 1. The van der Waals surface area contributed by atoms with E-state index in [2.05, 4.69) is 20.2 Å². The van der Waals surface area contributed by atoms with Gasteiger partial charge < -0.3 is 4.90 Å². The maximum absolute atomic E-state index is 12.8. The number of rotatable bonds is 4. The van der Waals surface area contributed by atoms with Crippen molar-refractivity contribution in [3.63, 3.8) is 0 Å². The van der Waals surface area contributed by atoms with Crippen LogP contribution in [0.25, 0.3) is 11.3 Å². The molecule has 1 saturated heterocycles. The van der Waals surface area contributed by atoms with Gasteiger partial charge in [0.25, 0.3) is 11.5 Å². The molecule has 1 aliphatic rings. The van der Waals surface area contributed by atoms with Crippen molar-refractivity contribution in [1.29, 1.82) is 0 Å². The number of carbonyl (C=O) groups excluding carboxylic acids is 1. The Bertz CT molecular complexity index is 1040. The molecule has 3 aromatic heterocycles. The lowest BCUT2D eigenvalue weighted by atomic mass is 9.96. The van der Waals surface area contributed by atoms with Crippen LogP contribution in [-0.2, 0) is 6.54 Å². The molecular formula is C21H24N6O2. The van der Waals surface area contributed by atoms with E-state index < -0.39 is 0 Å². The lowest BCUT2D eigenvalue weighted by Gasteiger charge is -2.32. The smallest absolute Gasteiger partial charge is 0.257 e. The van der Waals surface area contributed by atoms with Gasteiger partial charge in [0, 0.05) is 49.4 Å². The summed E-state index contributed by atoms with van der Waals surface area (Å²) >= 11 is 0. The predicted molar refractivity (Wildman–Crippen MR) is 108 cm³/mol. The molecule has 1 amide bonds. The molecule has 4 rings (SSSR count). The highest BCUT2D eigenvalue weighted by molar-refractivity contribution is 5.96. The molecule has 150 valence electrons. The van der Waals surface area contributed by atoms with E-state index in [1.165, 1.54) is 0 Å². The summed E-state index contributed by atoms with van der Waals surface area (Å²) in [7, 11) is 0. The number of piperidine rings is 1. The highest BCUT2D eigenvalue weighted by Crippen LogP contribution is 2.22. The minimum atomic E-state index is -0.0676. The summed E-state index contributed by atoms with van der Waals surface area (Å²) in [6, 6.07) is 5.26. The van der Waals surface area contributed by atoms with Gasteiger partial charge in [-0.15, -0.1) is 0 Å². The van der Waals surface area contributed by atoms with Gasteiger partial charge in [0.2, 0.25) is 0 Å². The first-order valence-corrected chi connectivity index (χ1v) is 9.80. The summed E-state index contributed by atoms with van der Waals surface area (Å²) in [6.07, 6.45) is 6.72. The number of aryl methyl sites for hydroxylation is 2. The zero-order valence-electron chi connectivity index (χ0n) is 16.6. The zero-order chi connectivity index (χ0) is 20.4. The summed E-state index contributed by atoms with van der Waals surface area (Å²) < 4.78 is 1.66. The minimum absolute atomic E-state index is 0.0341. The normalized spacial score (nSPS) is 14.9. The maximum Gasteiger partial charge on any atom is 0.257 e. The van der Waals surface area contributed by atoms with Crippen molar-refractivity contribution in [2.75, 3.05) is 13.1 Å². The molecule has 8 nitrogen and oxygen atoms in total. The van der Waals surface area contributed by atoms with Crippen molar-refractivity contribution in [3.8, 4) is 11.3 Å². The predicted octanol–water partition coefficient (Wildman–Crippen LogP) is 2.20. The fourth-order valence-electron chi connectivity index (χ4n) is 3.86. The monoisotopic (exact) mass is 392 g/mol. The molecule has 1 aliphatic heterocycles. The first kappa shape index (κ1) is 19.0. The Morgan fingerprint density at radius 3 is 2.69 bits per heavy atom. The second-order valence-electron chi connectivity index (χ2n) is 7.55. The molecule has 0 spiro atoms. The number of H-pyrrole nitrogens is 1. The van der Waals surface area contributed by atoms with Gasteiger partial charge in [-0.1, -0.05) is 0 Å². The van der Waals surface area contributed by atoms with E-state index >= 15 is 0 Å². The Hall–Kier alpha value is -3.29. The standard InChI is InChI=1S/C21H24N6O2/c1-14-20(15(2)25-24-14)21(29)26-8-5-16(6-9-26)12-27-13-23-18(10-19(27)28)17-4-3-7-22-11-17/h3-4,7,10-11,13,16H,5-6,8-9,12H2,1-2H3,(H,24,25). The number of amides is 1. The Labute approximate surface area is 168 Å². The van der Waals surface area contributed by atoms with E-state index in [9.17, 15) is 9.59 Å². The molecule has 0 saturated carbocycles. The third-order valence-electron chi connectivity index (χ3n) is 5.54. The molecule has 1 N–H and O–H groups in total. The van der Waals surface area contributed by atoms with Crippen LogP contribution in [0.3, 0.4) is 0 Å². The van der Waals surface area contributed by atoms with E-state index in [1.54, 1.807) is 29.4 Å². The number of likely N-dealkylation sites (tertiary alicyclic amines) is 1. The molecule has 0 bridgehead atoms. The number of nitrogens with zero attached hydrogens (tertiary/aromatic N) is 5. The second-order valence-corrected chi connectivity index (χ2v) is 7.55. The van der Waals surface area contributed by atoms with E-state index in [0.717, 1.165) is 29.8 Å². The molecule has 1 fully saturated rings. The first-order chi connectivity index (χ1) is 14.0. The van der Waals surface area contributed by atoms with Gasteiger partial charge in [-0.25, -0.2) is 4.98 Å². The molecule has 0 aliphatic carbocycles. The summed E-state index contributed by atoms with van der Waals surface area (Å²) in [4.78, 5) is 35.7. The van der Waals surface area contributed by atoms with Crippen molar-refractivity contribution in [2.24, 2.45) is 5.92 Å². The van der Waals surface area contributed by atoms with E-state index in [1.807, 2.05) is 30.9 Å². The summed E-state index contributed by atoms with van der Waals surface area (Å²) in [6.45, 7) is 5.70. The molecule has 0 radical (unpaired) electrons. The van der Waals surface area contributed by atoms with Crippen molar-refractivity contribution in [1.82, 2.24) is 29.6 Å². The Morgan fingerprint density at radius 2 is 2.07 bits per heavy atom. The van der Waals surface area contributed by atoms with Crippen molar-refractivity contribution in [3.05, 3.63) is 64.2 Å². The van der Waals surface area contributed by atoms with Gasteiger partial charge in [0.1, 0.15) is 0 Å². The van der Waals surface area contributed by atoms with Crippen LogP contribution in [0.2, 0.25) is 0 Å². The fourth-order valence-corrected chi connectivity index (χ4v) is 3.86. The van der Waals surface area contributed by atoms with Crippen LogP contribution in [0.5, 0.6) is 0 Å². The third-order valence-corrected chi connectivity index (χ3v) is 5.54. The Morgan fingerprint density at radius 1 is 1.28 bits per heavy atom. The van der Waals surface area contributed by atoms with Crippen LogP contribution in [0.4, 0.5) is 0 Å². The average Bonchev–Trinajstić information content (AvgIpc) is 3.08. The van der Waals surface area contributed by atoms with Crippen molar-refractivity contribution < 1.29 is 4.79 Å². The largest absolute Gasteiger partial charge is 0.339 e. The molecule has 0 unspecified atom stereocenters. The van der Waals surface area contributed by atoms with E-state index in [4.69, 9.17) is 0 Å². The first-order valence-electron chi connectivity index (χ1n) is 9.80. The Balaban J connectivity index is 1.39. The van der Waals surface area contributed by atoms with Crippen LogP contribution in [0.1, 0.15) is 34.6 Å². The van der Waals surface area contributed by atoms with Gasteiger partial charge in [0.15, 0.2) is 0 Å². The van der Waals surface area contributed by atoms with Gasteiger partial charge in [-0.2, -0.15) is 5.10 Å². The van der Waals surface area contributed by atoms with Crippen molar-refractivity contribution in [2.45, 2.75) is 33.2 Å². The molecule has 0 atom stereocenters. The van der Waals surface area contributed by atoms with Crippen LogP contribution in [0, 0.1) is 19.8 Å². The van der Waals surface area contributed by atoms with E-state index in [-0.39, 0.29) is 11.5 Å². The highest BCUT2D eigenvalue weighted by Gasteiger charge is 2.27. The SMILES string of the molecule is Cc1n[nH]c(C)c1C(=O)N1CCC(Cn2cnc(-c3cccnc3)cc2=O)CC1. The summed E-state index contributed by atoms with van der Waals surface area (Å²) in [5.41, 5.74) is 3.61. The quantitative estimate of drug-likeness (QED) is 0.734. The molecule has 29 heavy (non-hydrogen) atoms. The maximum atomic E-state index is 12.8. The number of aromatic amines is 1. The average molecular weight is 392 g/mol. The topological polar surface area (TPSA) is 96.8 Å². The third kappa shape index (κ3) is 3.96. The minimum Gasteiger partial charge on any atom is -0.339 e. The van der Waals surface area contributed by atoms with E-state index in [0.29, 0.717) is 36.8 Å². The number of hydrogen-bond acceptors (Lipinski definition) is 5.